The summed E-state index contributed by atoms with van der Waals surface area (Å²) in [7, 11) is 0. The zero-order chi connectivity index (χ0) is 7.98. The molecule has 0 N–H and O–H groups in total. The lowest BCUT2D eigenvalue weighted by atomic mass is 10.5. The average Bonchev–Trinajstić information content (AvgIpc) is 1.91. The summed E-state index contributed by atoms with van der Waals surface area (Å²) in [6.07, 6.45) is 0. The second-order valence-corrected chi connectivity index (χ2v) is 2.00. The van der Waals surface area contributed by atoms with Crippen LogP contribution in [0.2, 0.25) is 0 Å². The molecule has 0 amide bonds. The van der Waals surface area contributed by atoms with Crippen LogP contribution < -0.4 is 0 Å². The van der Waals surface area contributed by atoms with Crippen molar-refractivity contribution in [2.75, 3.05) is 19.7 Å². The van der Waals surface area contributed by atoms with E-state index in [0.29, 0.717) is 6.61 Å². The molecule has 60 valence electrons. The van der Waals surface area contributed by atoms with Gasteiger partial charge in [0.25, 0.3) is 0 Å². The minimum absolute atomic E-state index is 0.704. The van der Waals surface area contributed by atoms with Crippen LogP contribution in [0.1, 0.15) is 20.8 Å². The lowest BCUT2D eigenvalue weighted by Crippen LogP contribution is -2.23. The Balaban J connectivity index is 3.65. The first kappa shape index (κ1) is 9.34. The molecule has 0 aliphatic rings. The van der Waals surface area contributed by atoms with Crippen molar-refractivity contribution in [2.45, 2.75) is 20.8 Å². The van der Waals surface area contributed by atoms with E-state index in [-0.39, 0.29) is 0 Å². The second kappa shape index (κ2) is 5.15. The fourth-order valence-corrected chi connectivity index (χ4v) is 0.834. The molecule has 0 aromatic heterocycles. The number of ether oxygens (including phenoxy) is 1. The van der Waals surface area contributed by atoms with Crippen LogP contribution in [0.4, 0.5) is 0 Å². The molecule has 0 heterocycles. The van der Waals surface area contributed by atoms with Crippen LogP contribution in [0.3, 0.4) is 0 Å². The lowest BCUT2D eigenvalue weighted by molar-refractivity contribution is 0.130. The van der Waals surface area contributed by atoms with Crippen LogP contribution in [0.5, 0.6) is 0 Å². The van der Waals surface area contributed by atoms with E-state index in [0.717, 1.165) is 19.0 Å². The van der Waals surface area contributed by atoms with Crippen LogP contribution in [0, 0.1) is 0 Å². The van der Waals surface area contributed by atoms with E-state index in [4.69, 9.17) is 4.74 Å². The first-order valence-electron chi connectivity index (χ1n) is 3.82. The van der Waals surface area contributed by atoms with Gasteiger partial charge in [-0.1, -0.05) is 0 Å². The standard InChI is InChI=1S/C8H17NO/c1-5-9(6-2)8(4)10-7-3/h4-7H2,1-3H3. The van der Waals surface area contributed by atoms with E-state index in [9.17, 15) is 0 Å². The Morgan fingerprint density at radius 3 is 2.10 bits per heavy atom. The molecule has 0 unspecified atom stereocenters. The van der Waals surface area contributed by atoms with Gasteiger partial charge in [-0.15, -0.1) is 0 Å². The predicted molar refractivity (Wildman–Crippen MR) is 43.7 cm³/mol. The quantitative estimate of drug-likeness (QED) is 0.544. The van der Waals surface area contributed by atoms with Crippen LogP contribution in [0.15, 0.2) is 12.5 Å². The molecule has 0 aliphatic heterocycles. The Hall–Kier alpha value is -0.660. The molecule has 0 bridgehead atoms. The molecule has 0 aromatic carbocycles. The van der Waals surface area contributed by atoms with E-state index in [1.165, 1.54) is 0 Å². The van der Waals surface area contributed by atoms with Crippen molar-refractivity contribution < 1.29 is 4.74 Å². The molecule has 10 heavy (non-hydrogen) atoms. The molecule has 0 spiro atoms. The summed E-state index contributed by atoms with van der Waals surface area (Å²) < 4.78 is 5.22. The molecule has 0 aliphatic carbocycles. The third-order valence-electron chi connectivity index (χ3n) is 1.43. The monoisotopic (exact) mass is 143 g/mol. The fourth-order valence-electron chi connectivity index (χ4n) is 0.834. The van der Waals surface area contributed by atoms with Gasteiger partial charge in [-0.25, -0.2) is 0 Å². The molecule has 2 nitrogen and oxygen atoms in total. The third kappa shape index (κ3) is 2.76. The topological polar surface area (TPSA) is 12.5 Å². The van der Waals surface area contributed by atoms with Gasteiger partial charge >= 0.3 is 0 Å². The Labute approximate surface area is 63.5 Å². The SMILES string of the molecule is C=C(OCC)N(CC)CC. The van der Waals surface area contributed by atoms with E-state index in [1.54, 1.807) is 0 Å². The number of hydrogen-bond acceptors (Lipinski definition) is 2. The smallest absolute Gasteiger partial charge is 0.181 e. The molecule has 2 heteroatoms. The first-order valence-corrected chi connectivity index (χ1v) is 3.82. The van der Waals surface area contributed by atoms with Gasteiger partial charge < -0.3 is 9.64 Å². The number of hydrogen-bond donors (Lipinski definition) is 0. The van der Waals surface area contributed by atoms with Gasteiger partial charge in [0.05, 0.1) is 6.61 Å². The highest BCUT2D eigenvalue weighted by molar-refractivity contribution is 4.81. The van der Waals surface area contributed by atoms with Gasteiger partial charge in [0.15, 0.2) is 5.88 Å². The summed E-state index contributed by atoms with van der Waals surface area (Å²) in [5.41, 5.74) is 0. The molecule has 0 saturated carbocycles. The molecular formula is C8H17NO. The van der Waals surface area contributed by atoms with Gasteiger partial charge in [-0.3, -0.25) is 0 Å². The van der Waals surface area contributed by atoms with Gasteiger partial charge in [0.2, 0.25) is 0 Å². The molecule has 0 rings (SSSR count). The summed E-state index contributed by atoms with van der Waals surface area (Å²) in [6, 6.07) is 0. The van der Waals surface area contributed by atoms with Crippen molar-refractivity contribution in [1.29, 1.82) is 0 Å². The Bertz CT molecular complexity index is 97.4. The zero-order valence-electron chi connectivity index (χ0n) is 7.18. The molecule has 0 radical (unpaired) electrons. The van der Waals surface area contributed by atoms with Crippen molar-refractivity contribution in [1.82, 2.24) is 4.90 Å². The highest BCUT2D eigenvalue weighted by Gasteiger charge is 2.00. The van der Waals surface area contributed by atoms with E-state index < -0.39 is 0 Å². The molecular weight excluding hydrogens is 126 g/mol. The van der Waals surface area contributed by atoms with Gasteiger partial charge in [-0.05, 0) is 27.4 Å². The minimum Gasteiger partial charge on any atom is -0.480 e. The maximum absolute atomic E-state index is 5.22. The van der Waals surface area contributed by atoms with Crippen molar-refractivity contribution in [3.63, 3.8) is 0 Å². The lowest BCUT2D eigenvalue weighted by Gasteiger charge is -2.22. The van der Waals surface area contributed by atoms with Crippen LogP contribution in [-0.2, 0) is 4.74 Å². The average molecular weight is 143 g/mol. The van der Waals surface area contributed by atoms with E-state index in [1.807, 2.05) is 6.92 Å². The minimum atomic E-state index is 0.704. The van der Waals surface area contributed by atoms with Gasteiger partial charge in [-0.2, -0.15) is 0 Å². The van der Waals surface area contributed by atoms with E-state index in [2.05, 4.69) is 25.3 Å². The summed E-state index contributed by atoms with van der Waals surface area (Å²) in [5, 5.41) is 0. The van der Waals surface area contributed by atoms with Crippen molar-refractivity contribution in [2.24, 2.45) is 0 Å². The van der Waals surface area contributed by atoms with Crippen molar-refractivity contribution in [3.8, 4) is 0 Å². The number of rotatable bonds is 5. The van der Waals surface area contributed by atoms with Gasteiger partial charge in [0, 0.05) is 13.1 Å². The summed E-state index contributed by atoms with van der Waals surface area (Å²) >= 11 is 0. The zero-order valence-corrected chi connectivity index (χ0v) is 7.18. The Morgan fingerprint density at radius 1 is 1.30 bits per heavy atom. The third-order valence-corrected chi connectivity index (χ3v) is 1.43. The van der Waals surface area contributed by atoms with Crippen LogP contribution >= 0.6 is 0 Å². The molecule has 0 aromatic rings. The number of nitrogens with zero attached hydrogens (tertiary/aromatic N) is 1. The highest BCUT2D eigenvalue weighted by atomic mass is 16.5. The van der Waals surface area contributed by atoms with Gasteiger partial charge in [0.1, 0.15) is 0 Å². The summed E-state index contributed by atoms with van der Waals surface area (Å²) in [4.78, 5) is 2.09. The predicted octanol–water partition coefficient (Wildman–Crippen LogP) is 1.84. The molecule has 0 atom stereocenters. The Morgan fingerprint density at radius 2 is 1.80 bits per heavy atom. The Kier molecular flexibility index (Phi) is 4.81. The summed E-state index contributed by atoms with van der Waals surface area (Å²) in [5.74, 6) is 0.785. The molecule has 0 fully saturated rings. The maximum atomic E-state index is 5.22. The summed E-state index contributed by atoms with van der Waals surface area (Å²) in [6.45, 7) is 12.6. The second-order valence-electron chi connectivity index (χ2n) is 2.00. The normalized spacial score (nSPS) is 9.10. The first-order chi connectivity index (χ1) is 4.76. The fraction of sp³-hybridized carbons (Fsp3) is 0.750. The maximum Gasteiger partial charge on any atom is 0.181 e. The van der Waals surface area contributed by atoms with E-state index >= 15 is 0 Å². The highest BCUT2D eigenvalue weighted by Crippen LogP contribution is 2.01. The van der Waals surface area contributed by atoms with Crippen molar-refractivity contribution in [3.05, 3.63) is 12.5 Å². The molecule has 0 saturated heterocycles. The van der Waals surface area contributed by atoms with Crippen LogP contribution in [0.25, 0.3) is 0 Å². The largest absolute Gasteiger partial charge is 0.480 e. The van der Waals surface area contributed by atoms with Crippen LogP contribution in [-0.4, -0.2) is 24.6 Å². The van der Waals surface area contributed by atoms with Crippen molar-refractivity contribution >= 4 is 0 Å².